The van der Waals surface area contributed by atoms with Crippen molar-refractivity contribution < 1.29 is 31.9 Å². The molecule has 50 heavy (non-hydrogen) atoms. The van der Waals surface area contributed by atoms with E-state index < -0.39 is 15.8 Å². The second kappa shape index (κ2) is 21.3. The van der Waals surface area contributed by atoms with Crippen LogP contribution in [0.2, 0.25) is 0 Å². The molecule has 1 aliphatic carbocycles. The van der Waals surface area contributed by atoms with Gasteiger partial charge in [0.05, 0.1) is 7.92 Å². The summed E-state index contributed by atoms with van der Waals surface area (Å²) in [7, 11) is -1.32. The molecule has 0 saturated heterocycles. The normalized spacial score (nSPS) is 14.1. The zero-order valence-electron chi connectivity index (χ0n) is 29.6. The maximum absolute atomic E-state index is 2.28. The van der Waals surface area contributed by atoms with Gasteiger partial charge in [-0.1, -0.05) is 159 Å². The molecule has 1 aliphatic rings. The molecule has 0 aromatic heterocycles. The maximum atomic E-state index is 2.28. The van der Waals surface area contributed by atoms with Crippen molar-refractivity contribution in [1.29, 1.82) is 0 Å². The molecular weight excluding hydrogens is 751 g/mol. The van der Waals surface area contributed by atoms with Crippen molar-refractivity contribution in [1.82, 2.24) is 0 Å². The van der Waals surface area contributed by atoms with Crippen LogP contribution in [0.15, 0.2) is 193 Å². The number of halogens is 1. The van der Waals surface area contributed by atoms with E-state index in [1.807, 2.05) is 0 Å². The van der Waals surface area contributed by atoms with Gasteiger partial charge in [-0.2, -0.15) is 12.8 Å². The van der Waals surface area contributed by atoms with Gasteiger partial charge in [-0.15, -0.1) is 17.1 Å². The summed E-state index contributed by atoms with van der Waals surface area (Å²) in [5.41, 5.74) is 3.06. The molecule has 0 aliphatic heterocycles. The van der Waals surface area contributed by atoms with Crippen LogP contribution in [-0.4, -0.2) is 0 Å². The van der Waals surface area contributed by atoms with E-state index in [9.17, 15) is 0 Å². The van der Waals surface area contributed by atoms with Crippen molar-refractivity contribution in [3.8, 4) is 0 Å². The minimum absolute atomic E-state index is 0. The Morgan fingerprint density at radius 1 is 0.460 bits per heavy atom. The number of allylic oxidation sites excluding steroid dienone is 2. The zero-order chi connectivity index (χ0) is 33.7. The average Bonchev–Trinajstić information content (AvgIpc) is 3.32. The number of rotatable bonds is 6. The maximum Gasteiger partial charge on any atom is 2.00 e. The van der Waals surface area contributed by atoms with Gasteiger partial charge < -0.3 is 18.3 Å². The Morgan fingerprint density at radius 2 is 0.720 bits per heavy atom. The van der Waals surface area contributed by atoms with Crippen LogP contribution in [0.3, 0.4) is 0 Å². The Balaban J connectivity index is 0.000000209. The molecule has 0 bridgehead atoms. The third-order valence-electron chi connectivity index (χ3n) is 9.28. The van der Waals surface area contributed by atoms with Crippen molar-refractivity contribution in [3.05, 3.63) is 205 Å². The predicted octanol–water partition coefficient (Wildman–Crippen LogP) is 6.78. The Morgan fingerprint density at radius 3 is 0.920 bits per heavy atom. The molecule has 0 N–H and O–H groups in total. The van der Waals surface area contributed by atoms with Gasteiger partial charge >= 0.3 is 19.5 Å². The van der Waals surface area contributed by atoms with Crippen molar-refractivity contribution in [2.75, 3.05) is 0 Å². The molecule has 0 amide bonds. The van der Waals surface area contributed by atoms with E-state index in [0.29, 0.717) is 5.92 Å². The molecule has 0 spiro atoms. The molecule has 6 aromatic carbocycles. The largest absolute Gasteiger partial charge is 2.00 e. The standard InChI is InChI=1S/2C18H15P.C10H16.ClH.Ru/c2*1-4-10-16(11-5-1)19(17-12-6-2-7-13-17)18-14-8-3-9-15-18;1-6-7(2)9(4)10(5)8(6)3;;/h2*1-15H;6H,1-5H3;1H;/q;;-1;;+2. The van der Waals surface area contributed by atoms with E-state index in [1.165, 1.54) is 43.3 Å². The molecule has 255 valence electrons. The second-order valence-electron chi connectivity index (χ2n) is 12.2. The molecule has 1 radical (unpaired) electrons. The van der Waals surface area contributed by atoms with E-state index in [-0.39, 0.29) is 31.9 Å². The van der Waals surface area contributed by atoms with Crippen LogP contribution in [0, 0.1) is 17.8 Å². The molecule has 4 heteroatoms. The third kappa shape index (κ3) is 10.9. The van der Waals surface area contributed by atoms with Gasteiger partial charge in [-0.25, -0.2) is 0 Å². The van der Waals surface area contributed by atoms with Crippen LogP contribution in [0.5, 0.6) is 0 Å². The molecule has 0 nitrogen and oxygen atoms in total. The summed E-state index contributed by atoms with van der Waals surface area (Å²) < 4.78 is 0. The van der Waals surface area contributed by atoms with E-state index in [1.54, 1.807) is 11.5 Å². The van der Waals surface area contributed by atoms with Gasteiger partial charge in [0, 0.05) is 0 Å². The van der Waals surface area contributed by atoms with Crippen LogP contribution in [0.1, 0.15) is 34.6 Å². The van der Waals surface area contributed by atoms with Gasteiger partial charge in [0.15, 0.2) is 0 Å². The number of hydrogen-bond donors (Lipinski definition) is 0. The molecule has 0 saturated carbocycles. The predicted molar refractivity (Wildman–Crippen MR) is 217 cm³/mol. The fourth-order valence-electron chi connectivity index (χ4n) is 6.06. The van der Waals surface area contributed by atoms with Gasteiger partial charge in [-0.05, 0) is 74.1 Å². The summed E-state index contributed by atoms with van der Waals surface area (Å²) in [5.74, 6) is 3.75. The topological polar surface area (TPSA) is 0 Å². The van der Waals surface area contributed by atoms with Crippen molar-refractivity contribution in [2.24, 2.45) is 5.92 Å². The van der Waals surface area contributed by atoms with E-state index in [0.717, 1.165) is 0 Å². The molecule has 1 atom stereocenters. The third-order valence-corrected chi connectivity index (χ3v) is 14.5. The summed E-state index contributed by atoms with van der Waals surface area (Å²) in [6.45, 7) is 11.2. The first-order valence-corrected chi connectivity index (χ1v) is 19.6. The Bertz CT molecular complexity index is 1490. The van der Waals surface area contributed by atoms with Gasteiger partial charge in [0.2, 0.25) is 0 Å². The minimum Gasteiger partial charge on any atom is -1.00 e. The molecule has 1 unspecified atom stereocenters. The monoisotopic (exact) mass is 798 g/mol. The molecule has 6 aromatic rings. The van der Waals surface area contributed by atoms with E-state index in [2.05, 4.69) is 217 Å². The molecule has 7 rings (SSSR count). The number of hydrogen-bond acceptors (Lipinski definition) is 0. The van der Waals surface area contributed by atoms with Crippen molar-refractivity contribution in [3.63, 3.8) is 0 Å². The van der Waals surface area contributed by atoms with Gasteiger partial charge in [0.25, 0.3) is 0 Å². The van der Waals surface area contributed by atoms with Crippen LogP contribution in [-0.2, 0) is 19.5 Å². The fourth-order valence-corrected chi connectivity index (χ4v) is 10.9. The summed E-state index contributed by atoms with van der Waals surface area (Å²) >= 11 is 0. The van der Waals surface area contributed by atoms with Gasteiger partial charge in [-0.3, -0.25) is 0 Å². The Hall–Kier alpha value is -3.17. The van der Waals surface area contributed by atoms with Gasteiger partial charge in [0.1, 0.15) is 15.9 Å². The van der Waals surface area contributed by atoms with E-state index in [4.69, 9.17) is 0 Å². The van der Waals surface area contributed by atoms with Crippen LogP contribution in [0.25, 0.3) is 0 Å². The Labute approximate surface area is 323 Å². The minimum atomic E-state index is -0.877. The average molecular weight is 798 g/mol. The second-order valence-corrected chi connectivity index (χ2v) is 16.9. The quantitative estimate of drug-likeness (QED) is 0.0991. The smallest absolute Gasteiger partial charge is 1.00 e. The fraction of sp³-hybridized carbons (Fsp3) is 0.130. The SMILES string of the molecule is C[C]1C(C)=C(C)C(C)[C-]1C.[Cl-].[Ru+2].c1ccc(P(c2ccccc2)c2ccccc2)cc1.c1ccc([PH+](c2ccccc2)c2ccccc2)cc1. The summed E-state index contributed by atoms with van der Waals surface area (Å²) in [6.07, 6.45) is 0. The molecule has 0 fully saturated rings. The van der Waals surface area contributed by atoms with E-state index >= 15 is 0 Å². The molecule has 0 heterocycles. The Kier molecular flexibility index (Phi) is 17.5. The van der Waals surface area contributed by atoms with Crippen molar-refractivity contribution >= 4 is 47.7 Å². The zero-order valence-corrected chi connectivity index (χ0v) is 34.0. The summed E-state index contributed by atoms with van der Waals surface area (Å²) in [4.78, 5) is 0. The first kappa shape index (κ1) is 41.3. The molecular formula is C46H47ClP2Ru+. The number of benzene rings is 6. The summed E-state index contributed by atoms with van der Waals surface area (Å²) in [6, 6.07) is 64.8. The summed E-state index contributed by atoms with van der Waals surface area (Å²) in [5, 5.41) is 8.50. The van der Waals surface area contributed by atoms with Crippen LogP contribution < -0.4 is 44.2 Å². The first-order valence-electron chi connectivity index (χ1n) is 16.8. The van der Waals surface area contributed by atoms with Crippen molar-refractivity contribution in [2.45, 2.75) is 34.6 Å². The van der Waals surface area contributed by atoms with Crippen LogP contribution in [0.4, 0.5) is 0 Å². The van der Waals surface area contributed by atoms with Crippen LogP contribution >= 0.6 is 15.8 Å². The first-order chi connectivity index (χ1) is 23.5.